The van der Waals surface area contributed by atoms with E-state index < -0.39 is 0 Å². The third-order valence-corrected chi connectivity index (χ3v) is 4.63. The van der Waals surface area contributed by atoms with Crippen LogP contribution in [0.1, 0.15) is 29.2 Å². The number of fused-ring (bicyclic) bond motifs is 1. The second kappa shape index (κ2) is 8.03. The Morgan fingerprint density at radius 1 is 1.24 bits per heavy atom. The van der Waals surface area contributed by atoms with E-state index in [2.05, 4.69) is 10.6 Å². The first-order chi connectivity index (χ1) is 12.2. The van der Waals surface area contributed by atoms with Crippen LogP contribution in [0.25, 0.3) is 0 Å². The number of hydrogen-bond donors (Lipinski definition) is 3. The van der Waals surface area contributed by atoms with E-state index in [0.29, 0.717) is 6.42 Å². The van der Waals surface area contributed by atoms with Gasteiger partial charge < -0.3 is 20.5 Å². The van der Waals surface area contributed by atoms with Crippen LogP contribution in [0.5, 0.6) is 5.75 Å². The molecule has 2 atom stereocenters. The van der Waals surface area contributed by atoms with Crippen LogP contribution in [-0.2, 0) is 12.8 Å². The number of carbonyl (C=O) groups is 1. The number of methoxy groups -OCH3 is 1. The van der Waals surface area contributed by atoms with Crippen molar-refractivity contribution in [2.24, 2.45) is 0 Å². The number of amides is 2. The Kier molecular flexibility index (Phi) is 5.56. The maximum Gasteiger partial charge on any atom is 0.315 e. The highest BCUT2D eigenvalue weighted by atomic mass is 16.5. The highest BCUT2D eigenvalue weighted by Crippen LogP contribution is 2.36. The van der Waals surface area contributed by atoms with E-state index in [1.165, 1.54) is 5.56 Å². The molecule has 3 N–H and O–H groups in total. The highest BCUT2D eigenvalue weighted by molar-refractivity contribution is 5.75. The van der Waals surface area contributed by atoms with Crippen LogP contribution in [0.4, 0.5) is 4.79 Å². The summed E-state index contributed by atoms with van der Waals surface area (Å²) in [4.78, 5) is 12.4. The molecule has 2 aromatic carbocycles. The molecule has 2 amide bonds. The SMILES string of the molecule is COc1cccc2c1CC[C@H]2NC(=O)N[C@H](CO)Cc1ccccc1. The zero-order valence-corrected chi connectivity index (χ0v) is 14.4. The summed E-state index contributed by atoms with van der Waals surface area (Å²) >= 11 is 0. The number of urea groups is 1. The highest BCUT2D eigenvalue weighted by Gasteiger charge is 2.26. The second-order valence-corrected chi connectivity index (χ2v) is 6.31. The number of aliphatic hydroxyl groups is 1. The van der Waals surface area contributed by atoms with E-state index in [1.54, 1.807) is 7.11 Å². The smallest absolute Gasteiger partial charge is 0.315 e. The molecule has 0 bridgehead atoms. The number of nitrogens with one attached hydrogen (secondary N) is 2. The third kappa shape index (κ3) is 4.12. The molecule has 5 nitrogen and oxygen atoms in total. The Morgan fingerprint density at radius 3 is 2.76 bits per heavy atom. The van der Waals surface area contributed by atoms with E-state index in [1.807, 2.05) is 48.5 Å². The number of benzene rings is 2. The van der Waals surface area contributed by atoms with Gasteiger partial charge in [0.1, 0.15) is 5.75 Å². The van der Waals surface area contributed by atoms with Crippen molar-refractivity contribution in [1.29, 1.82) is 0 Å². The normalized spacial score (nSPS) is 16.8. The fraction of sp³-hybridized carbons (Fsp3) is 0.350. The first-order valence-corrected chi connectivity index (χ1v) is 8.59. The van der Waals surface area contributed by atoms with Crippen LogP contribution < -0.4 is 15.4 Å². The van der Waals surface area contributed by atoms with Crippen molar-refractivity contribution in [3.8, 4) is 5.75 Å². The quantitative estimate of drug-likeness (QED) is 0.757. The molecule has 0 saturated heterocycles. The summed E-state index contributed by atoms with van der Waals surface area (Å²) in [5, 5.41) is 15.5. The molecule has 1 aliphatic carbocycles. The predicted molar refractivity (Wildman–Crippen MR) is 96.7 cm³/mol. The molecule has 2 aromatic rings. The Bertz CT molecular complexity index is 718. The third-order valence-electron chi connectivity index (χ3n) is 4.63. The first kappa shape index (κ1) is 17.3. The van der Waals surface area contributed by atoms with Crippen molar-refractivity contribution in [2.45, 2.75) is 31.3 Å². The molecule has 25 heavy (non-hydrogen) atoms. The number of aliphatic hydroxyl groups excluding tert-OH is 1. The molecular weight excluding hydrogens is 316 g/mol. The van der Waals surface area contributed by atoms with E-state index >= 15 is 0 Å². The molecule has 0 saturated carbocycles. The lowest BCUT2D eigenvalue weighted by Gasteiger charge is -2.20. The molecule has 0 aromatic heterocycles. The Morgan fingerprint density at radius 2 is 2.04 bits per heavy atom. The summed E-state index contributed by atoms with van der Waals surface area (Å²) in [6.45, 7) is -0.0998. The number of ether oxygens (including phenoxy) is 1. The van der Waals surface area contributed by atoms with Crippen LogP contribution in [0.3, 0.4) is 0 Å². The Balaban J connectivity index is 1.60. The summed E-state index contributed by atoms with van der Waals surface area (Å²) < 4.78 is 5.40. The molecule has 3 rings (SSSR count). The van der Waals surface area contributed by atoms with Gasteiger partial charge in [-0.1, -0.05) is 42.5 Å². The molecule has 1 aliphatic rings. The van der Waals surface area contributed by atoms with E-state index in [9.17, 15) is 9.90 Å². The van der Waals surface area contributed by atoms with Gasteiger partial charge in [-0.15, -0.1) is 0 Å². The Labute approximate surface area is 148 Å². The molecule has 0 heterocycles. The monoisotopic (exact) mass is 340 g/mol. The number of hydrogen-bond acceptors (Lipinski definition) is 3. The summed E-state index contributed by atoms with van der Waals surface area (Å²) in [5.74, 6) is 0.875. The lowest BCUT2D eigenvalue weighted by molar-refractivity contribution is 0.213. The van der Waals surface area contributed by atoms with Gasteiger partial charge in [0.2, 0.25) is 0 Å². The van der Waals surface area contributed by atoms with Crippen molar-refractivity contribution < 1.29 is 14.6 Å². The van der Waals surface area contributed by atoms with Gasteiger partial charge in [0.25, 0.3) is 0 Å². The van der Waals surface area contributed by atoms with E-state index in [-0.39, 0.29) is 24.7 Å². The van der Waals surface area contributed by atoms with Gasteiger partial charge in [0, 0.05) is 0 Å². The average molecular weight is 340 g/mol. The Hall–Kier alpha value is -2.53. The van der Waals surface area contributed by atoms with Gasteiger partial charge in [-0.05, 0) is 42.0 Å². The molecule has 0 unspecified atom stereocenters. The van der Waals surface area contributed by atoms with Gasteiger partial charge in [-0.2, -0.15) is 0 Å². The van der Waals surface area contributed by atoms with Crippen LogP contribution >= 0.6 is 0 Å². The molecule has 0 spiro atoms. The van der Waals surface area contributed by atoms with Crippen LogP contribution in [0, 0.1) is 0 Å². The van der Waals surface area contributed by atoms with Crippen molar-refractivity contribution >= 4 is 6.03 Å². The molecule has 5 heteroatoms. The first-order valence-electron chi connectivity index (χ1n) is 8.59. The van der Waals surface area contributed by atoms with Gasteiger partial charge in [0.05, 0.1) is 25.8 Å². The van der Waals surface area contributed by atoms with Crippen LogP contribution in [-0.4, -0.2) is 30.9 Å². The zero-order valence-electron chi connectivity index (χ0n) is 14.4. The summed E-state index contributed by atoms with van der Waals surface area (Å²) in [6, 6.07) is 15.2. The van der Waals surface area contributed by atoms with Gasteiger partial charge in [-0.3, -0.25) is 0 Å². The van der Waals surface area contributed by atoms with Crippen LogP contribution in [0.15, 0.2) is 48.5 Å². The zero-order chi connectivity index (χ0) is 17.6. The molecule has 132 valence electrons. The van der Waals surface area contributed by atoms with E-state index in [0.717, 1.165) is 29.7 Å². The maximum atomic E-state index is 12.4. The molecule has 0 fully saturated rings. The number of rotatable bonds is 6. The maximum absolute atomic E-state index is 12.4. The fourth-order valence-electron chi connectivity index (χ4n) is 3.41. The van der Waals surface area contributed by atoms with Crippen molar-refractivity contribution in [1.82, 2.24) is 10.6 Å². The van der Waals surface area contributed by atoms with Crippen molar-refractivity contribution in [3.63, 3.8) is 0 Å². The molecule has 0 aliphatic heterocycles. The minimum Gasteiger partial charge on any atom is -0.496 e. The predicted octanol–water partition coefficient (Wildman–Crippen LogP) is 2.59. The minimum absolute atomic E-state index is 0.0267. The lowest BCUT2D eigenvalue weighted by Crippen LogP contribution is -2.45. The fourth-order valence-corrected chi connectivity index (χ4v) is 3.41. The lowest BCUT2D eigenvalue weighted by atomic mass is 10.1. The van der Waals surface area contributed by atoms with Gasteiger partial charge >= 0.3 is 6.03 Å². The summed E-state index contributed by atoms with van der Waals surface area (Å²) in [7, 11) is 1.67. The van der Waals surface area contributed by atoms with E-state index in [4.69, 9.17) is 4.74 Å². The molecular formula is C20H24N2O3. The van der Waals surface area contributed by atoms with Crippen molar-refractivity contribution in [2.75, 3.05) is 13.7 Å². The topological polar surface area (TPSA) is 70.6 Å². The summed E-state index contributed by atoms with van der Waals surface area (Å²) in [5.41, 5.74) is 3.36. The average Bonchev–Trinajstić information content (AvgIpc) is 3.05. The largest absolute Gasteiger partial charge is 0.496 e. The molecule has 0 radical (unpaired) electrons. The standard InChI is InChI=1S/C20H24N2O3/c1-25-19-9-5-8-16-17(19)10-11-18(16)22-20(24)21-15(13-23)12-14-6-3-2-4-7-14/h2-9,15,18,23H,10-13H2,1H3,(H2,21,22,24)/t15-,18+/m0/s1. The van der Waals surface area contributed by atoms with Crippen LogP contribution in [0.2, 0.25) is 0 Å². The van der Waals surface area contributed by atoms with Crippen molar-refractivity contribution in [3.05, 3.63) is 65.2 Å². The minimum atomic E-state index is -0.311. The number of carbonyl (C=O) groups excluding carboxylic acids is 1. The summed E-state index contributed by atoms with van der Waals surface area (Å²) in [6.07, 6.45) is 2.34. The van der Waals surface area contributed by atoms with Gasteiger partial charge in [0.15, 0.2) is 0 Å². The second-order valence-electron chi connectivity index (χ2n) is 6.31. The van der Waals surface area contributed by atoms with Gasteiger partial charge in [-0.25, -0.2) is 4.79 Å².